The summed E-state index contributed by atoms with van der Waals surface area (Å²) in [7, 11) is 0. The Hall–Kier alpha value is -1.62. The summed E-state index contributed by atoms with van der Waals surface area (Å²) >= 11 is 0. The van der Waals surface area contributed by atoms with Gasteiger partial charge in [-0.15, -0.1) is 0 Å². The van der Waals surface area contributed by atoms with Crippen molar-refractivity contribution in [3.8, 4) is 0 Å². The number of aromatic nitrogens is 1. The van der Waals surface area contributed by atoms with Gasteiger partial charge in [-0.2, -0.15) is 0 Å². The lowest BCUT2D eigenvalue weighted by molar-refractivity contribution is 0.0668. The molecule has 1 aliphatic rings. The molecular weight excluding hydrogens is 230 g/mol. The molecule has 5 nitrogen and oxygen atoms in total. The summed E-state index contributed by atoms with van der Waals surface area (Å²) < 4.78 is 0. The normalized spacial score (nSPS) is 24.1. The van der Waals surface area contributed by atoms with Gasteiger partial charge in [-0.1, -0.05) is 0 Å². The van der Waals surface area contributed by atoms with Crippen molar-refractivity contribution < 1.29 is 9.59 Å². The second-order valence-electron chi connectivity index (χ2n) is 5.08. The summed E-state index contributed by atoms with van der Waals surface area (Å²) in [5.41, 5.74) is 1.79. The molecule has 1 amide bonds. The predicted octanol–water partition coefficient (Wildman–Crippen LogP) is 0.958. The zero-order valence-corrected chi connectivity index (χ0v) is 11.0. The highest BCUT2D eigenvalue weighted by Gasteiger charge is 2.26. The van der Waals surface area contributed by atoms with Crippen LogP contribution in [-0.4, -0.2) is 47.3 Å². The zero-order valence-electron chi connectivity index (χ0n) is 11.0. The van der Waals surface area contributed by atoms with Crippen LogP contribution in [-0.2, 0) is 0 Å². The Bertz CT molecular complexity index is 457. The maximum Gasteiger partial charge on any atom is 0.270 e. The number of aromatic amines is 1. The lowest BCUT2D eigenvalue weighted by Crippen LogP contribution is -2.55. The van der Waals surface area contributed by atoms with E-state index in [-0.39, 0.29) is 5.91 Å². The minimum absolute atomic E-state index is 0.0357. The fourth-order valence-corrected chi connectivity index (χ4v) is 2.47. The molecule has 2 rings (SSSR count). The molecular formula is C13H19N3O2. The predicted molar refractivity (Wildman–Crippen MR) is 68.9 cm³/mol. The second kappa shape index (κ2) is 4.94. The van der Waals surface area contributed by atoms with Gasteiger partial charge in [-0.05, 0) is 32.4 Å². The van der Waals surface area contributed by atoms with Crippen molar-refractivity contribution in [2.45, 2.75) is 32.9 Å². The van der Waals surface area contributed by atoms with Gasteiger partial charge in [0.05, 0.1) is 5.69 Å². The number of carbonyl (C=O) groups excluding carboxylic acids is 2. The number of amides is 1. The minimum atomic E-state index is -0.0357. The van der Waals surface area contributed by atoms with Gasteiger partial charge >= 0.3 is 0 Å². The number of H-pyrrole nitrogens is 1. The van der Waals surface area contributed by atoms with Crippen molar-refractivity contribution in [2.24, 2.45) is 0 Å². The molecule has 1 aromatic heterocycles. The van der Waals surface area contributed by atoms with E-state index in [2.05, 4.69) is 24.1 Å². The third-order valence-electron chi connectivity index (χ3n) is 3.25. The molecule has 1 aromatic rings. The molecule has 0 aromatic carbocycles. The van der Waals surface area contributed by atoms with Crippen molar-refractivity contribution in [3.63, 3.8) is 0 Å². The third kappa shape index (κ3) is 2.46. The second-order valence-corrected chi connectivity index (χ2v) is 5.08. The van der Waals surface area contributed by atoms with Gasteiger partial charge in [-0.25, -0.2) is 0 Å². The SMILES string of the molecule is Cc1cc(C(=O)N2CC(C)NC(C)C2)[nH]c1C=O. The molecule has 98 valence electrons. The fraction of sp³-hybridized carbons (Fsp3) is 0.538. The van der Waals surface area contributed by atoms with E-state index in [9.17, 15) is 9.59 Å². The van der Waals surface area contributed by atoms with E-state index < -0.39 is 0 Å². The Labute approximate surface area is 107 Å². The molecule has 2 N–H and O–H groups in total. The van der Waals surface area contributed by atoms with Crippen LogP contribution in [0.5, 0.6) is 0 Å². The first kappa shape index (κ1) is 12.8. The molecule has 2 atom stereocenters. The van der Waals surface area contributed by atoms with Crippen molar-refractivity contribution in [1.29, 1.82) is 0 Å². The fourth-order valence-electron chi connectivity index (χ4n) is 2.47. The Balaban J connectivity index is 2.17. The van der Waals surface area contributed by atoms with Crippen LogP contribution in [0.25, 0.3) is 0 Å². The highest BCUT2D eigenvalue weighted by atomic mass is 16.2. The zero-order chi connectivity index (χ0) is 13.3. The van der Waals surface area contributed by atoms with Crippen LogP contribution in [0.1, 0.15) is 40.4 Å². The van der Waals surface area contributed by atoms with Crippen molar-refractivity contribution in [2.75, 3.05) is 13.1 Å². The molecule has 0 spiro atoms. The molecule has 1 fully saturated rings. The molecule has 5 heteroatoms. The van der Waals surface area contributed by atoms with Crippen molar-refractivity contribution in [3.05, 3.63) is 23.0 Å². The van der Waals surface area contributed by atoms with Gasteiger partial charge in [-0.3, -0.25) is 9.59 Å². The first-order valence-corrected chi connectivity index (χ1v) is 6.21. The molecule has 0 aliphatic carbocycles. The smallest absolute Gasteiger partial charge is 0.270 e. The Morgan fingerprint density at radius 3 is 2.50 bits per heavy atom. The number of nitrogens with one attached hydrogen (secondary N) is 2. The summed E-state index contributed by atoms with van der Waals surface area (Å²) in [6.45, 7) is 7.33. The van der Waals surface area contributed by atoms with Crippen LogP contribution in [0.4, 0.5) is 0 Å². The first-order valence-electron chi connectivity index (χ1n) is 6.21. The van der Waals surface area contributed by atoms with E-state index >= 15 is 0 Å². The van der Waals surface area contributed by atoms with E-state index in [1.807, 2.05) is 11.8 Å². The summed E-state index contributed by atoms with van der Waals surface area (Å²) in [4.78, 5) is 27.8. The Morgan fingerprint density at radius 2 is 2.00 bits per heavy atom. The standard InChI is InChI=1S/C13H19N3O2/c1-8-4-11(15-12(8)7-17)13(18)16-5-9(2)14-10(3)6-16/h4,7,9-10,14-15H,5-6H2,1-3H3. The van der Waals surface area contributed by atoms with Crippen LogP contribution in [0.3, 0.4) is 0 Å². The monoisotopic (exact) mass is 249 g/mol. The van der Waals surface area contributed by atoms with E-state index in [1.54, 1.807) is 6.07 Å². The van der Waals surface area contributed by atoms with Gasteiger partial charge in [0.2, 0.25) is 0 Å². The number of hydrogen-bond donors (Lipinski definition) is 2. The van der Waals surface area contributed by atoms with E-state index in [0.29, 0.717) is 36.6 Å². The number of carbonyl (C=O) groups is 2. The molecule has 0 saturated carbocycles. The van der Waals surface area contributed by atoms with E-state index in [0.717, 1.165) is 11.8 Å². The van der Waals surface area contributed by atoms with Crippen LogP contribution >= 0.6 is 0 Å². The maximum absolute atomic E-state index is 12.3. The Kier molecular flexibility index (Phi) is 3.52. The molecule has 2 heterocycles. The molecule has 0 bridgehead atoms. The highest BCUT2D eigenvalue weighted by Crippen LogP contribution is 2.13. The molecule has 1 saturated heterocycles. The third-order valence-corrected chi connectivity index (χ3v) is 3.25. The average molecular weight is 249 g/mol. The number of rotatable bonds is 2. The average Bonchev–Trinajstić information content (AvgIpc) is 2.68. The Morgan fingerprint density at radius 1 is 1.39 bits per heavy atom. The number of aldehydes is 1. The summed E-state index contributed by atoms with van der Waals surface area (Å²) in [6, 6.07) is 2.32. The minimum Gasteiger partial charge on any atom is -0.348 e. The summed E-state index contributed by atoms with van der Waals surface area (Å²) in [5.74, 6) is -0.0357. The van der Waals surface area contributed by atoms with Crippen molar-refractivity contribution >= 4 is 12.2 Å². The molecule has 0 radical (unpaired) electrons. The lowest BCUT2D eigenvalue weighted by atomic mass is 10.1. The number of piperazine rings is 1. The van der Waals surface area contributed by atoms with Gasteiger partial charge < -0.3 is 15.2 Å². The maximum atomic E-state index is 12.3. The highest BCUT2D eigenvalue weighted by molar-refractivity contribution is 5.94. The topological polar surface area (TPSA) is 65.2 Å². The first-order chi connectivity index (χ1) is 8.51. The number of nitrogens with zero attached hydrogens (tertiary/aromatic N) is 1. The summed E-state index contributed by atoms with van der Waals surface area (Å²) in [5, 5.41) is 3.38. The van der Waals surface area contributed by atoms with Gasteiger partial charge in [0.25, 0.3) is 5.91 Å². The molecule has 18 heavy (non-hydrogen) atoms. The van der Waals surface area contributed by atoms with Crippen LogP contribution < -0.4 is 5.32 Å². The van der Waals surface area contributed by atoms with E-state index in [1.165, 1.54) is 0 Å². The van der Waals surface area contributed by atoms with Crippen LogP contribution in [0.2, 0.25) is 0 Å². The van der Waals surface area contributed by atoms with E-state index in [4.69, 9.17) is 0 Å². The number of aryl methyl sites for hydroxylation is 1. The van der Waals surface area contributed by atoms with Gasteiger partial charge in [0, 0.05) is 25.2 Å². The van der Waals surface area contributed by atoms with Gasteiger partial charge in [0.15, 0.2) is 6.29 Å². The quantitative estimate of drug-likeness (QED) is 0.767. The molecule has 1 aliphatic heterocycles. The van der Waals surface area contributed by atoms with Crippen LogP contribution in [0, 0.1) is 6.92 Å². The van der Waals surface area contributed by atoms with Crippen molar-refractivity contribution in [1.82, 2.24) is 15.2 Å². The number of hydrogen-bond acceptors (Lipinski definition) is 3. The molecule has 2 unspecified atom stereocenters. The summed E-state index contributed by atoms with van der Waals surface area (Å²) in [6.07, 6.45) is 0.745. The van der Waals surface area contributed by atoms with Gasteiger partial charge in [0.1, 0.15) is 5.69 Å². The van der Waals surface area contributed by atoms with Crippen LogP contribution in [0.15, 0.2) is 6.07 Å². The lowest BCUT2D eigenvalue weighted by Gasteiger charge is -2.35. The largest absolute Gasteiger partial charge is 0.348 e.